The van der Waals surface area contributed by atoms with E-state index in [1.165, 1.54) is 0 Å². The SMILES string of the molecule is Cc1c(C(=O)Nc2cccc(NC(=O)C3CC3)c2)oc2c1ccc1ccccc12. The summed E-state index contributed by atoms with van der Waals surface area (Å²) in [4.78, 5) is 24.9. The van der Waals surface area contributed by atoms with Crippen LogP contribution in [0.25, 0.3) is 21.7 Å². The lowest BCUT2D eigenvalue weighted by atomic mass is 10.1. The van der Waals surface area contributed by atoms with Gasteiger partial charge in [0.15, 0.2) is 5.76 Å². The Labute approximate surface area is 167 Å². The first kappa shape index (κ1) is 17.5. The van der Waals surface area contributed by atoms with Gasteiger partial charge in [0.2, 0.25) is 5.91 Å². The van der Waals surface area contributed by atoms with E-state index in [9.17, 15) is 9.59 Å². The Kier molecular flexibility index (Phi) is 4.09. The van der Waals surface area contributed by atoms with Crippen molar-refractivity contribution in [1.29, 1.82) is 0 Å². The van der Waals surface area contributed by atoms with E-state index in [0.717, 1.165) is 40.1 Å². The van der Waals surface area contributed by atoms with Gasteiger partial charge in [-0.15, -0.1) is 0 Å². The van der Waals surface area contributed by atoms with E-state index < -0.39 is 0 Å². The fourth-order valence-corrected chi connectivity index (χ4v) is 3.62. The molecule has 2 N–H and O–H groups in total. The Morgan fingerprint density at radius 1 is 0.897 bits per heavy atom. The topological polar surface area (TPSA) is 71.3 Å². The summed E-state index contributed by atoms with van der Waals surface area (Å²) in [6.45, 7) is 1.89. The minimum Gasteiger partial charge on any atom is -0.450 e. The normalized spacial score (nSPS) is 13.6. The van der Waals surface area contributed by atoms with Gasteiger partial charge in [-0.3, -0.25) is 9.59 Å². The van der Waals surface area contributed by atoms with Gasteiger partial charge in [0.1, 0.15) is 5.58 Å². The molecule has 2 amide bonds. The molecule has 29 heavy (non-hydrogen) atoms. The number of fused-ring (bicyclic) bond motifs is 3. The quantitative estimate of drug-likeness (QED) is 0.488. The zero-order chi connectivity index (χ0) is 20.0. The van der Waals surface area contributed by atoms with Crippen molar-refractivity contribution in [3.63, 3.8) is 0 Å². The Morgan fingerprint density at radius 2 is 1.66 bits per heavy atom. The van der Waals surface area contributed by atoms with Gasteiger partial charge in [0.25, 0.3) is 5.91 Å². The van der Waals surface area contributed by atoms with Gasteiger partial charge in [-0.25, -0.2) is 0 Å². The lowest BCUT2D eigenvalue weighted by Gasteiger charge is -2.08. The highest BCUT2D eigenvalue weighted by atomic mass is 16.3. The van der Waals surface area contributed by atoms with Crippen LogP contribution in [0.2, 0.25) is 0 Å². The number of anilines is 2. The summed E-state index contributed by atoms with van der Waals surface area (Å²) in [5, 5.41) is 8.76. The van der Waals surface area contributed by atoms with Gasteiger partial charge in [-0.05, 0) is 43.4 Å². The summed E-state index contributed by atoms with van der Waals surface area (Å²) in [7, 11) is 0. The molecule has 1 aliphatic rings. The van der Waals surface area contributed by atoms with Crippen molar-refractivity contribution in [3.05, 3.63) is 72.0 Å². The minimum atomic E-state index is -0.312. The summed E-state index contributed by atoms with van der Waals surface area (Å²) >= 11 is 0. The Bertz CT molecular complexity index is 1270. The van der Waals surface area contributed by atoms with Crippen LogP contribution in [0.3, 0.4) is 0 Å². The highest BCUT2D eigenvalue weighted by Gasteiger charge is 2.29. The molecule has 5 rings (SSSR count). The van der Waals surface area contributed by atoms with Crippen molar-refractivity contribution in [1.82, 2.24) is 0 Å². The first-order chi connectivity index (χ1) is 14.1. The zero-order valence-corrected chi connectivity index (χ0v) is 16.0. The van der Waals surface area contributed by atoms with E-state index >= 15 is 0 Å². The summed E-state index contributed by atoms with van der Waals surface area (Å²) in [5.41, 5.74) is 2.80. The van der Waals surface area contributed by atoms with Crippen molar-refractivity contribution < 1.29 is 14.0 Å². The highest BCUT2D eigenvalue weighted by Crippen LogP contribution is 2.33. The lowest BCUT2D eigenvalue weighted by Crippen LogP contribution is -2.15. The first-order valence-corrected chi connectivity index (χ1v) is 9.73. The zero-order valence-electron chi connectivity index (χ0n) is 16.0. The van der Waals surface area contributed by atoms with Gasteiger partial charge in [-0.2, -0.15) is 0 Å². The largest absolute Gasteiger partial charge is 0.450 e. The van der Waals surface area contributed by atoms with Crippen LogP contribution in [0.5, 0.6) is 0 Å². The van der Waals surface area contributed by atoms with E-state index in [1.807, 2.05) is 49.4 Å². The van der Waals surface area contributed by atoms with E-state index in [2.05, 4.69) is 10.6 Å². The molecule has 3 aromatic carbocycles. The number of benzene rings is 3. The average Bonchev–Trinajstić information content (AvgIpc) is 3.52. The molecule has 1 aliphatic carbocycles. The standard InChI is InChI=1S/C24H20N2O3/c1-14-19-12-11-15-5-2-3-8-20(15)22(19)29-21(14)24(28)26-18-7-4-6-17(13-18)25-23(27)16-9-10-16/h2-8,11-13,16H,9-10H2,1H3,(H,25,27)(H,26,28). The number of amides is 2. The molecule has 0 unspecified atom stereocenters. The minimum absolute atomic E-state index is 0.0356. The number of aryl methyl sites for hydroxylation is 1. The number of hydrogen-bond donors (Lipinski definition) is 2. The van der Waals surface area contributed by atoms with Gasteiger partial charge < -0.3 is 15.1 Å². The van der Waals surface area contributed by atoms with Crippen LogP contribution in [0.1, 0.15) is 29.0 Å². The fourth-order valence-electron chi connectivity index (χ4n) is 3.62. The van der Waals surface area contributed by atoms with Crippen molar-refractivity contribution in [2.45, 2.75) is 19.8 Å². The third-order valence-corrected chi connectivity index (χ3v) is 5.37. The number of nitrogens with one attached hydrogen (secondary N) is 2. The maximum Gasteiger partial charge on any atom is 0.291 e. The second kappa shape index (κ2) is 6.78. The van der Waals surface area contributed by atoms with E-state index in [0.29, 0.717) is 17.1 Å². The third-order valence-electron chi connectivity index (χ3n) is 5.37. The van der Waals surface area contributed by atoms with Crippen LogP contribution in [-0.2, 0) is 4.79 Å². The molecule has 4 aromatic rings. The number of furan rings is 1. The highest BCUT2D eigenvalue weighted by molar-refractivity contribution is 6.11. The van der Waals surface area contributed by atoms with Crippen molar-refractivity contribution in [2.24, 2.45) is 5.92 Å². The first-order valence-electron chi connectivity index (χ1n) is 9.73. The number of rotatable bonds is 4. The van der Waals surface area contributed by atoms with Gasteiger partial charge in [0, 0.05) is 33.6 Å². The molecule has 1 fully saturated rings. The molecule has 5 heteroatoms. The lowest BCUT2D eigenvalue weighted by molar-refractivity contribution is -0.117. The average molecular weight is 384 g/mol. The summed E-state index contributed by atoms with van der Waals surface area (Å²) < 4.78 is 6.00. The van der Waals surface area contributed by atoms with Crippen LogP contribution in [0.15, 0.2) is 65.1 Å². The van der Waals surface area contributed by atoms with Crippen LogP contribution >= 0.6 is 0 Å². The maximum atomic E-state index is 12.9. The van der Waals surface area contributed by atoms with Crippen molar-refractivity contribution in [2.75, 3.05) is 10.6 Å². The van der Waals surface area contributed by atoms with Gasteiger partial charge >= 0.3 is 0 Å². The van der Waals surface area contributed by atoms with Crippen LogP contribution in [0.4, 0.5) is 11.4 Å². The molecule has 5 nitrogen and oxygen atoms in total. The molecule has 1 aromatic heterocycles. The summed E-state index contributed by atoms with van der Waals surface area (Å²) in [5.74, 6) is 0.145. The Balaban J connectivity index is 1.43. The molecule has 1 heterocycles. The second-order valence-electron chi connectivity index (χ2n) is 7.52. The third kappa shape index (κ3) is 3.25. The van der Waals surface area contributed by atoms with Crippen LogP contribution in [0, 0.1) is 12.8 Å². The molecule has 0 atom stereocenters. The number of carbonyl (C=O) groups is 2. The Hall–Kier alpha value is -3.60. The molecular formula is C24H20N2O3. The Morgan fingerprint density at radius 3 is 2.45 bits per heavy atom. The summed E-state index contributed by atoms with van der Waals surface area (Å²) in [6, 6.07) is 19.1. The molecule has 0 radical (unpaired) electrons. The molecule has 0 aliphatic heterocycles. The van der Waals surface area contributed by atoms with Crippen molar-refractivity contribution in [3.8, 4) is 0 Å². The smallest absolute Gasteiger partial charge is 0.291 e. The predicted octanol–water partition coefficient (Wildman–Crippen LogP) is 5.50. The molecular weight excluding hydrogens is 364 g/mol. The van der Waals surface area contributed by atoms with Crippen molar-refractivity contribution >= 4 is 44.9 Å². The predicted molar refractivity (Wildman–Crippen MR) is 114 cm³/mol. The second-order valence-corrected chi connectivity index (χ2v) is 7.52. The molecule has 0 bridgehead atoms. The fraction of sp³-hybridized carbons (Fsp3) is 0.167. The van der Waals surface area contributed by atoms with E-state index in [-0.39, 0.29) is 17.7 Å². The molecule has 0 spiro atoms. The monoisotopic (exact) mass is 384 g/mol. The van der Waals surface area contributed by atoms with Crippen LogP contribution < -0.4 is 10.6 Å². The molecule has 0 saturated heterocycles. The van der Waals surface area contributed by atoms with Gasteiger partial charge in [0.05, 0.1) is 0 Å². The van der Waals surface area contributed by atoms with Gasteiger partial charge in [-0.1, -0.05) is 42.5 Å². The summed E-state index contributed by atoms with van der Waals surface area (Å²) in [6.07, 6.45) is 1.89. The number of hydrogen-bond acceptors (Lipinski definition) is 3. The molecule has 1 saturated carbocycles. The van der Waals surface area contributed by atoms with E-state index in [1.54, 1.807) is 18.2 Å². The molecule has 144 valence electrons. The van der Waals surface area contributed by atoms with E-state index in [4.69, 9.17) is 4.42 Å². The number of carbonyl (C=O) groups excluding carboxylic acids is 2. The maximum absolute atomic E-state index is 12.9. The van der Waals surface area contributed by atoms with Crippen LogP contribution in [-0.4, -0.2) is 11.8 Å².